The molecule has 0 heterocycles. The highest BCUT2D eigenvalue weighted by Crippen LogP contribution is 1.70. The summed E-state index contributed by atoms with van der Waals surface area (Å²) in [6, 6.07) is 0. The van der Waals surface area contributed by atoms with Crippen molar-refractivity contribution >= 4 is 12.1 Å². The van der Waals surface area contributed by atoms with Crippen molar-refractivity contribution in [3.05, 3.63) is 12.7 Å². The summed E-state index contributed by atoms with van der Waals surface area (Å²) in [5, 5.41) is 13.3. The van der Waals surface area contributed by atoms with Crippen LogP contribution in [0.5, 0.6) is 0 Å². The number of rotatable bonds is 7. The maximum absolute atomic E-state index is 10.8. The molecule has 5 heteroatoms. The number of hydrogen-bond acceptors (Lipinski definition) is 3. The van der Waals surface area contributed by atoms with Crippen LogP contribution in [0, 0.1) is 0 Å². The number of oxime groups is 1. The van der Waals surface area contributed by atoms with Crippen molar-refractivity contribution in [2.45, 2.75) is 6.42 Å². The Bertz CT molecular complexity index is 204. The number of carbonyl (C=O) groups excluding carboxylic acids is 1. The van der Waals surface area contributed by atoms with Gasteiger partial charge >= 0.3 is 0 Å². The van der Waals surface area contributed by atoms with Crippen molar-refractivity contribution in [1.29, 1.82) is 0 Å². The summed E-state index contributed by atoms with van der Waals surface area (Å²) >= 11 is 0. The summed E-state index contributed by atoms with van der Waals surface area (Å²) in [6.45, 7) is 6.14. The van der Waals surface area contributed by atoms with Gasteiger partial charge in [-0.05, 0) is 6.08 Å². The van der Waals surface area contributed by atoms with Gasteiger partial charge in [-0.15, -0.1) is 0 Å². The van der Waals surface area contributed by atoms with Gasteiger partial charge in [0.2, 0.25) is 0 Å². The van der Waals surface area contributed by atoms with Crippen LogP contribution in [-0.2, 0) is 4.79 Å². The van der Waals surface area contributed by atoms with E-state index in [0.717, 1.165) is 25.7 Å². The fourth-order valence-corrected chi connectivity index (χ4v) is 1.05. The van der Waals surface area contributed by atoms with E-state index in [0.29, 0.717) is 6.54 Å². The van der Waals surface area contributed by atoms with E-state index in [-0.39, 0.29) is 5.91 Å². The summed E-state index contributed by atoms with van der Waals surface area (Å²) in [5.41, 5.74) is 0. The van der Waals surface area contributed by atoms with E-state index in [4.69, 9.17) is 5.21 Å². The molecule has 5 nitrogen and oxygen atoms in total. The molecule has 0 aromatic heterocycles. The van der Waals surface area contributed by atoms with Crippen LogP contribution in [0.15, 0.2) is 17.8 Å². The fourth-order valence-electron chi connectivity index (χ4n) is 1.05. The molecule has 0 fully saturated rings. The quantitative estimate of drug-likeness (QED) is 0.156. The number of quaternary nitrogens is 1. The first-order chi connectivity index (χ1) is 6.70. The van der Waals surface area contributed by atoms with Gasteiger partial charge in [-0.2, -0.15) is 0 Å². The summed E-state index contributed by atoms with van der Waals surface area (Å²) in [5.74, 6) is -0.367. The standard InChI is InChI=1S/C9H17N3O2/c1-3-6-12(2)7-4-5-10-9(13)8-11-14/h3,8,14H,1,4-7H2,2H3,(H,10,13)/p+1/b11-8-. The molecule has 3 N–H and O–H groups in total. The maximum atomic E-state index is 10.8. The predicted molar refractivity (Wildman–Crippen MR) is 54.7 cm³/mol. The van der Waals surface area contributed by atoms with Crippen molar-refractivity contribution in [2.24, 2.45) is 5.16 Å². The molecule has 0 aliphatic heterocycles. The second kappa shape index (κ2) is 8.25. The Labute approximate surface area is 84.1 Å². The first-order valence-electron chi connectivity index (χ1n) is 4.58. The van der Waals surface area contributed by atoms with Crippen molar-refractivity contribution < 1.29 is 14.9 Å². The first kappa shape index (κ1) is 12.6. The molecular weight excluding hydrogens is 182 g/mol. The third-order valence-corrected chi connectivity index (χ3v) is 1.75. The zero-order chi connectivity index (χ0) is 10.8. The van der Waals surface area contributed by atoms with Gasteiger partial charge < -0.3 is 15.4 Å². The monoisotopic (exact) mass is 200 g/mol. The Hall–Kier alpha value is -1.36. The van der Waals surface area contributed by atoms with Crippen molar-refractivity contribution in [3.63, 3.8) is 0 Å². The van der Waals surface area contributed by atoms with Gasteiger partial charge in [0, 0.05) is 13.0 Å². The maximum Gasteiger partial charge on any atom is 0.265 e. The van der Waals surface area contributed by atoms with Crippen molar-refractivity contribution in [1.82, 2.24) is 5.32 Å². The van der Waals surface area contributed by atoms with Gasteiger partial charge in [0.15, 0.2) is 0 Å². The topological polar surface area (TPSA) is 66.1 Å². The van der Waals surface area contributed by atoms with Gasteiger partial charge in [-0.3, -0.25) is 4.79 Å². The third kappa shape index (κ3) is 7.30. The number of nitrogens with zero attached hydrogens (tertiary/aromatic N) is 1. The molecule has 0 aliphatic carbocycles. The second-order valence-electron chi connectivity index (χ2n) is 3.09. The van der Waals surface area contributed by atoms with Crippen LogP contribution in [-0.4, -0.2) is 44.0 Å². The third-order valence-electron chi connectivity index (χ3n) is 1.75. The Morgan fingerprint density at radius 2 is 2.43 bits per heavy atom. The van der Waals surface area contributed by atoms with E-state index in [9.17, 15) is 4.79 Å². The molecule has 1 unspecified atom stereocenters. The minimum atomic E-state index is -0.367. The van der Waals surface area contributed by atoms with Gasteiger partial charge in [-0.25, -0.2) is 0 Å². The lowest BCUT2D eigenvalue weighted by atomic mass is 10.4. The molecule has 0 radical (unpaired) electrons. The van der Waals surface area contributed by atoms with Crippen LogP contribution in [0.4, 0.5) is 0 Å². The molecule has 0 bridgehead atoms. The fraction of sp³-hybridized carbons (Fsp3) is 0.556. The van der Waals surface area contributed by atoms with E-state index in [1.165, 1.54) is 4.90 Å². The molecule has 0 saturated heterocycles. The lowest BCUT2D eigenvalue weighted by Crippen LogP contribution is -3.08. The van der Waals surface area contributed by atoms with Crippen molar-refractivity contribution in [3.8, 4) is 0 Å². The van der Waals surface area contributed by atoms with Crippen LogP contribution < -0.4 is 10.2 Å². The first-order valence-corrected chi connectivity index (χ1v) is 4.58. The van der Waals surface area contributed by atoms with Crippen LogP contribution in [0.2, 0.25) is 0 Å². The summed E-state index contributed by atoms with van der Waals surface area (Å²) in [6.07, 6.45) is 3.61. The summed E-state index contributed by atoms with van der Waals surface area (Å²) < 4.78 is 0. The van der Waals surface area contributed by atoms with Crippen LogP contribution in [0.3, 0.4) is 0 Å². The average molecular weight is 200 g/mol. The highest BCUT2D eigenvalue weighted by atomic mass is 16.4. The molecular formula is C9H18N3O2+. The van der Waals surface area contributed by atoms with Crippen LogP contribution >= 0.6 is 0 Å². The van der Waals surface area contributed by atoms with Gasteiger partial charge in [0.25, 0.3) is 5.91 Å². The molecule has 0 aromatic rings. The van der Waals surface area contributed by atoms with E-state index in [1.54, 1.807) is 0 Å². The molecule has 0 saturated carbocycles. The van der Waals surface area contributed by atoms with Gasteiger partial charge in [0.05, 0.1) is 20.1 Å². The lowest BCUT2D eigenvalue weighted by Gasteiger charge is -2.10. The second-order valence-corrected chi connectivity index (χ2v) is 3.09. The lowest BCUT2D eigenvalue weighted by molar-refractivity contribution is -0.873. The number of amides is 1. The van der Waals surface area contributed by atoms with Gasteiger partial charge in [-0.1, -0.05) is 11.7 Å². The molecule has 0 rings (SSSR count). The van der Waals surface area contributed by atoms with Crippen molar-refractivity contribution in [2.75, 3.05) is 26.7 Å². The van der Waals surface area contributed by atoms with E-state index in [2.05, 4.69) is 24.1 Å². The van der Waals surface area contributed by atoms with E-state index < -0.39 is 0 Å². The minimum Gasteiger partial charge on any atom is -0.411 e. The molecule has 1 atom stereocenters. The molecule has 0 spiro atoms. The van der Waals surface area contributed by atoms with Crippen LogP contribution in [0.25, 0.3) is 0 Å². The van der Waals surface area contributed by atoms with E-state index in [1.807, 2.05) is 6.08 Å². The zero-order valence-corrected chi connectivity index (χ0v) is 8.49. The highest BCUT2D eigenvalue weighted by Gasteiger charge is 1.99. The smallest absolute Gasteiger partial charge is 0.265 e. The molecule has 80 valence electrons. The minimum absolute atomic E-state index is 0.367. The Morgan fingerprint density at radius 1 is 1.71 bits per heavy atom. The number of carbonyl (C=O) groups is 1. The number of nitrogens with one attached hydrogen (secondary N) is 2. The molecule has 14 heavy (non-hydrogen) atoms. The predicted octanol–water partition coefficient (Wildman–Crippen LogP) is -1.35. The Kier molecular flexibility index (Phi) is 7.45. The molecule has 1 amide bonds. The summed E-state index contributed by atoms with van der Waals surface area (Å²) in [7, 11) is 2.07. The largest absolute Gasteiger partial charge is 0.411 e. The highest BCUT2D eigenvalue weighted by molar-refractivity contribution is 6.25. The normalized spacial score (nSPS) is 12.6. The molecule has 0 aromatic carbocycles. The number of likely N-dealkylation sites (N-methyl/N-ethyl adjacent to an activating group) is 1. The average Bonchev–Trinajstić information content (AvgIpc) is 2.13. The van der Waals surface area contributed by atoms with Crippen LogP contribution in [0.1, 0.15) is 6.42 Å². The Balaban J connectivity index is 3.37. The summed E-state index contributed by atoms with van der Waals surface area (Å²) in [4.78, 5) is 12.1. The van der Waals surface area contributed by atoms with Gasteiger partial charge in [0.1, 0.15) is 6.21 Å². The zero-order valence-electron chi connectivity index (χ0n) is 8.49. The molecule has 0 aliphatic rings. The SMILES string of the molecule is C=CC[NH+](C)CCCNC(=O)/C=N\O. The van der Waals surface area contributed by atoms with E-state index >= 15 is 0 Å². The Morgan fingerprint density at radius 3 is 3.00 bits per heavy atom. The number of hydrogen-bond donors (Lipinski definition) is 3.